The Bertz CT molecular complexity index is 1610. The fourth-order valence-electron chi connectivity index (χ4n) is 4.40. The van der Waals surface area contributed by atoms with Crippen LogP contribution in [-0.4, -0.2) is 58.1 Å². The SMILES string of the molecule is O=C(NCCc1cnccn1)c1c(=O)c2ccc(N3CCOCC3)nc2n2c1sc1ccccc12. The van der Waals surface area contributed by atoms with Gasteiger partial charge in [0.25, 0.3) is 5.91 Å². The Kier molecular flexibility index (Phi) is 5.59. The predicted octanol–water partition coefficient (Wildman–Crippen LogP) is 2.66. The van der Waals surface area contributed by atoms with Crippen LogP contribution in [0.5, 0.6) is 0 Å². The third-order valence-electron chi connectivity index (χ3n) is 6.12. The molecule has 35 heavy (non-hydrogen) atoms. The van der Waals surface area contributed by atoms with Crippen LogP contribution in [0, 0.1) is 0 Å². The minimum absolute atomic E-state index is 0.138. The van der Waals surface area contributed by atoms with Crippen LogP contribution in [0.1, 0.15) is 16.1 Å². The Morgan fingerprint density at radius 1 is 1.11 bits per heavy atom. The highest BCUT2D eigenvalue weighted by Gasteiger charge is 2.23. The van der Waals surface area contributed by atoms with E-state index in [0.29, 0.717) is 42.0 Å². The van der Waals surface area contributed by atoms with Gasteiger partial charge in [-0.2, -0.15) is 0 Å². The molecule has 10 heteroatoms. The predicted molar refractivity (Wildman–Crippen MR) is 135 cm³/mol. The average Bonchev–Trinajstić information content (AvgIpc) is 3.29. The molecule has 0 saturated carbocycles. The van der Waals surface area contributed by atoms with Gasteiger partial charge in [0, 0.05) is 44.6 Å². The van der Waals surface area contributed by atoms with Gasteiger partial charge in [0.15, 0.2) is 5.65 Å². The van der Waals surface area contributed by atoms with Crippen molar-refractivity contribution in [3.05, 3.63) is 76.5 Å². The molecule has 1 saturated heterocycles. The second-order valence-electron chi connectivity index (χ2n) is 8.26. The van der Waals surface area contributed by atoms with E-state index in [4.69, 9.17) is 9.72 Å². The molecule has 5 heterocycles. The lowest BCUT2D eigenvalue weighted by Crippen LogP contribution is -2.37. The topological polar surface area (TPSA) is 102 Å². The number of nitrogens with zero attached hydrogens (tertiary/aromatic N) is 5. The first-order valence-corrected chi connectivity index (χ1v) is 12.2. The van der Waals surface area contributed by atoms with E-state index in [0.717, 1.165) is 34.8 Å². The van der Waals surface area contributed by atoms with Crippen molar-refractivity contribution in [1.29, 1.82) is 0 Å². The average molecular weight is 487 g/mol. The first-order valence-electron chi connectivity index (χ1n) is 11.4. The fraction of sp³-hybridized carbons (Fsp3) is 0.240. The van der Waals surface area contributed by atoms with Gasteiger partial charge in [0.1, 0.15) is 16.2 Å². The van der Waals surface area contributed by atoms with Gasteiger partial charge < -0.3 is 15.0 Å². The van der Waals surface area contributed by atoms with Crippen molar-refractivity contribution >= 4 is 49.1 Å². The maximum Gasteiger partial charge on any atom is 0.258 e. The molecule has 1 aliphatic rings. The lowest BCUT2D eigenvalue weighted by molar-refractivity contribution is 0.0954. The lowest BCUT2D eigenvalue weighted by Gasteiger charge is -2.27. The van der Waals surface area contributed by atoms with Gasteiger partial charge in [0.05, 0.1) is 34.5 Å². The standard InChI is InChI=1S/C25H22N6O3S/c32-22-17-5-6-20(30-11-13-34-14-12-30)29-23(17)31-18-3-1-2-4-19(18)35-25(31)21(22)24(33)28-8-7-16-15-26-9-10-27-16/h1-6,9-10,15H,7-8,11-14H2,(H,28,33). The maximum atomic E-state index is 13.6. The molecule has 0 atom stereocenters. The molecule has 9 nitrogen and oxygen atoms in total. The quantitative estimate of drug-likeness (QED) is 0.408. The molecule has 5 aromatic rings. The van der Waals surface area contributed by atoms with Gasteiger partial charge in [-0.1, -0.05) is 12.1 Å². The molecule has 1 N–H and O–H groups in total. The lowest BCUT2D eigenvalue weighted by atomic mass is 10.1. The van der Waals surface area contributed by atoms with Crippen LogP contribution in [0.3, 0.4) is 0 Å². The number of amides is 1. The molecular weight excluding hydrogens is 464 g/mol. The third-order valence-corrected chi connectivity index (χ3v) is 7.26. The van der Waals surface area contributed by atoms with E-state index >= 15 is 0 Å². The molecule has 0 radical (unpaired) electrons. The molecule has 0 unspecified atom stereocenters. The monoisotopic (exact) mass is 486 g/mol. The maximum absolute atomic E-state index is 13.6. The molecule has 1 aliphatic heterocycles. The summed E-state index contributed by atoms with van der Waals surface area (Å²) in [6, 6.07) is 11.5. The summed E-state index contributed by atoms with van der Waals surface area (Å²) in [7, 11) is 0. The summed E-state index contributed by atoms with van der Waals surface area (Å²) >= 11 is 1.42. The summed E-state index contributed by atoms with van der Waals surface area (Å²) in [5, 5.41) is 3.32. The van der Waals surface area contributed by atoms with Crippen molar-refractivity contribution in [2.24, 2.45) is 0 Å². The normalized spacial score (nSPS) is 14.1. The summed E-state index contributed by atoms with van der Waals surface area (Å²) in [6.07, 6.45) is 5.41. The first-order chi connectivity index (χ1) is 17.2. The highest BCUT2D eigenvalue weighted by Crippen LogP contribution is 2.31. The number of benzene rings is 1. The summed E-state index contributed by atoms with van der Waals surface area (Å²) in [6.45, 7) is 3.12. The van der Waals surface area contributed by atoms with Gasteiger partial charge in [-0.05, 0) is 24.3 Å². The zero-order valence-electron chi connectivity index (χ0n) is 18.8. The highest BCUT2D eigenvalue weighted by molar-refractivity contribution is 7.24. The molecular formula is C25H22N6O3S. The number of fused-ring (bicyclic) bond motifs is 5. The van der Waals surface area contributed by atoms with E-state index in [1.165, 1.54) is 11.3 Å². The Balaban J connectivity index is 1.47. The molecule has 176 valence electrons. The summed E-state index contributed by atoms with van der Waals surface area (Å²) < 4.78 is 8.39. The van der Waals surface area contributed by atoms with E-state index in [1.54, 1.807) is 24.7 Å². The van der Waals surface area contributed by atoms with Crippen LogP contribution in [0.25, 0.3) is 26.1 Å². The number of aromatic nitrogens is 4. The summed E-state index contributed by atoms with van der Waals surface area (Å²) in [5.41, 5.74) is 2.07. The van der Waals surface area contributed by atoms with Crippen LogP contribution in [0.2, 0.25) is 0 Å². The van der Waals surface area contributed by atoms with E-state index in [-0.39, 0.29) is 11.0 Å². The van der Waals surface area contributed by atoms with Gasteiger partial charge in [-0.3, -0.25) is 24.0 Å². The van der Waals surface area contributed by atoms with Gasteiger partial charge >= 0.3 is 0 Å². The summed E-state index contributed by atoms with van der Waals surface area (Å²) in [5.74, 6) is 0.396. The second kappa shape index (κ2) is 9.05. The Morgan fingerprint density at radius 3 is 2.80 bits per heavy atom. The van der Waals surface area contributed by atoms with Crippen molar-refractivity contribution in [3.63, 3.8) is 0 Å². The fourth-order valence-corrected chi connectivity index (χ4v) is 5.58. The number of ether oxygens (including phenoxy) is 1. The number of carbonyl (C=O) groups is 1. The second-order valence-corrected chi connectivity index (χ2v) is 9.29. The number of hydrogen-bond donors (Lipinski definition) is 1. The van der Waals surface area contributed by atoms with Crippen LogP contribution >= 0.6 is 11.3 Å². The zero-order valence-corrected chi connectivity index (χ0v) is 19.6. The number of carbonyl (C=O) groups excluding carboxylic acids is 1. The number of hydrogen-bond acceptors (Lipinski definition) is 8. The van der Waals surface area contributed by atoms with Gasteiger partial charge in [-0.25, -0.2) is 4.98 Å². The number of nitrogens with one attached hydrogen (secondary N) is 1. The molecule has 1 aromatic carbocycles. The Hall–Kier alpha value is -3.89. The highest BCUT2D eigenvalue weighted by atomic mass is 32.1. The number of anilines is 1. The molecule has 6 rings (SSSR count). The van der Waals surface area contributed by atoms with E-state index in [9.17, 15) is 9.59 Å². The van der Waals surface area contributed by atoms with Crippen LogP contribution in [0.4, 0.5) is 5.82 Å². The first kappa shape index (κ1) is 21.6. The summed E-state index contributed by atoms with van der Waals surface area (Å²) in [4.78, 5) is 42.9. The smallest absolute Gasteiger partial charge is 0.258 e. The largest absolute Gasteiger partial charge is 0.378 e. The van der Waals surface area contributed by atoms with Crippen molar-refractivity contribution in [3.8, 4) is 0 Å². The number of para-hydroxylation sites is 1. The van der Waals surface area contributed by atoms with Crippen LogP contribution in [0.15, 0.2) is 59.8 Å². The molecule has 4 aromatic heterocycles. The molecule has 0 spiro atoms. The van der Waals surface area contributed by atoms with E-state index in [1.807, 2.05) is 34.7 Å². The molecule has 0 bridgehead atoms. The van der Waals surface area contributed by atoms with Crippen molar-refractivity contribution in [2.45, 2.75) is 6.42 Å². The number of morpholine rings is 1. The van der Waals surface area contributed by atoms with E-state index in [2.05, 4.69) is 20.2 Å². The molecule has 1 fully saturated rings. The van der Waals surface area contributed by atoms with Crippen molar-refractivity contribution < 1.29 is 9.53 Å². The van der Waals surface area contributed by atoms with Crippen molar-refractivity contribution in [2.75, 3.05) is 37.7 Å². The number of rotatable bonds is 5. The van der Waals surface area contributed by atoms with Crippen molar-refractivity contribution in [1.82, 2.24) is 24.7 Å². The molecule has 0 aliphatic carbocycles. The Morgan fingerprint density at radius 2 is 1.97 bits per heavy atom. The Labute approximate surface area is 204 Å². The van der Waals surface area contributed by atoms with E-state index < -0.39 is 5.91 Å². The van der Waals surface area contributed by atoms with Gasteiger partial charge in [0.2, 0.25) is 5.43 Å². The minimum Gasteiger partial charge on any atom is -0.378 e. The minimum atomic E-state index is -0.401. The van der Waals surface area contributed by atoms with Crippen LogP contribution in [-0.2, 0) is 11.2 Å². The third kappa shape index (κ3) is 3.90. The van der Waals surface area contributed by atoms with Crippen LogP contribution < -0.4 is 15.6 Å². The number of pyridine rings is 2. The molecule has 1 amide bonds. The van der Waals surface area contributed by atoms with Gasteiger partial charge in [-0.15, -0.1) is 11.3 Å². The number of thiazole rings is 1. The zero-order chi connectivity index (χ0) is 23.8.